The third-order valence-corrected chi connectivity index (χ3v) is 6.35. The first kappa shape index (κ1) is 22.0. The van der Waals surface area contributed by atoms with Crippen LogP contribution in [0, 0.1) is 6.92 Å². The fourth-order valence-electron chi connectivity index (χ4n) is 3.25. The summed E-state index contributed by atoms with van der Waals surface area (Å²) in [4.78, 5) is 34.2. The van der Waals surface area contributed by atoms with Crippen molar-refractivity contribution in [1.82, 2.24) is 14.9 Å². The first-order valence-electron chi connectivity index (χ1n) is 9.30. The number of alkyl halides is 3. The highest BCUT2D eigenvalue weighted by atomic mass is 32.1. The summed E-state index contributed by atoms with van der Waals surface area (Å²) in [5.74, 6) is -0.560. The topological polar surface area (TPSA) is 101 Å². The molecule has 3 rings (SSSR count). The molecule has 0 spiro atoms. The second kappa shape index (κ2) is 7.86. The summed E-state index contributed by atoms with van der Waals surface area (Å²) in [5, 5.41) is 2.95. The summed E-state index contributed by atoms with van der Waals surface area (Å²) in [7, 11) is 0. The summed E-state index contributed by atoms with van der Waals surface area (Å²) >= 11 is 1.14. The molecule has 1 fully saturated rings. The van der Waals surface area contributed by atoms with Gasteiger partial charge in [-0.15, -0.1) is 0 Å². The number of aromatic nitrogens is 2. The number of nitrogens with one attached hydrogen (secondary N) is 1. The number of carbonyl (C=O) groups is 2. The number of anilines is 1. The molecule has 0 radical (unpaired) electrons. The fraction of sp³-hybridized carbons (Fsp3) is 0.474. The molecule has 2 aromatic heterocycles. The average Bonchev–Trinajstić information content (AvgIpc) is 3.28. The van der Waals surface area contributed by atoms with Gasteiger partial charge in [-0.3, -0.25) is 15.1 Å². The lowest BCUT2D eigenvalue weighted by Gasteiger charge is -2.27. The average molecular weight is 441 g/mol. The summed E-state index contributed by atoms with van der Waals surface area (Å²) in [5.41, 5.74) is 4.22. The van der Waals surface area contributed by atoms with E-state index in [0.29, 0.717) is 35.5 Å². The highest BCUT2D eigenvalue weighted by molar-refractivity contribution is 7.19. The number of nitrogens with two attached hydrogens (primary N) is 1. The Kier molecular flexibility index (Phi) is 5.76. The van der Waals surface area contributed by atoms with E-state index in [2.05, 4.69) is 15.3 Å². The third-order valence-electron chi connectivity index (χ3n) is 5.22. The number of aryl methyl sites for hydroxylation is 1. The number of likely N-dealkylation sites (tertiary alicyclic amines) is 1. The van der Waals surface area contributed by atoms with E-state index < -0.39 is 29.6 Å². The minimum Gasteiger partial charge on any atom is -0.368 e. The standard InChI is InChI=1S/C19H22F3N5O2S/c1-10-14(11-6-7-24-13(9-11)18(2,3)19(20,21)22)30-16(25-10)26-17(29)27-8-4-5-12(27)15(23)28/h6-7,9,12H,4-5,8H2,1-3H3,(H2,23,28)(H,25,26,29). The highest BCUT2D eigenvalue weighted by Crippen LogP contribution is 2.41. The molecular formula is C19H22F3N5O2S. The molecule has 1 saturated heterocycles. The van der Waals surface area contributed by atoms with Gasteiger partial charge in [-0.2, -0.15) is 13.2 Å². The van der Waals surface area contributed by atoms with Crippen LogP contribution in [-0.2, 0) is 10.2 Å². The Bertz CT molecular complexity index is 973. The van der Waals surface area contributed by atoms with Gasteiger partial charge < -0.3 is 10.6 Å². The Morgan fingerprint density at radius 3 is 2.67 bits per heavy atom. The van der Waals surface area contributed by atoms with E-state index in [4.69, 9.17) is 5.73 Å². The lowest BCUT2D eigenvalue weighted by Crippen LogP contribution is -2.45. The maximum Gasteiger partial charge on any atom is 0.399 e. The number of hydrogen-bond acceptors (Lipinski definition) is 5. The Morgan fingerprint density at radius 2 is 2.03 bits per heavy atom. The number of pyridine rings is 1. The molecule has 2 aromatic rings. The second-order valence-corrected chi connectivity index (χ2v) is 8.67. The number of rotatable bonds is 4. The van der Waals surface area contributed by atoms with Crippen molar-refractivity contribution in [3.05, 3.63) is 29.7 Å². The van der Waals surface area contributed by atoms with Gasteiger partial charge in [-0.1, -0.05) is 11.3 Å². The highest BCUT2D eigenvalue weighted by Gasteiger charge is 2.49. The van der Waals surface area contributed by atoms with Gasteiger partial charge in [0.25, 0.3) is 0 Å². The molecule has 0 bridgehead atoms. The van der Waals surface area contributed by atoms with Gasteiger partial charge in [-0.05, 0) is 51.3 Å². The first-order chi connectivity index (χ1) is 13.9. The molecule has 30 heavy (non-hydrogen) atoms. The number of urea groups is 1. The van der Waals surface area contributed by atoms with E-state index in [1.807, 2.05) is 0 Å². The lowest BCUT2D eigenvalue weighted by atomic mass is 9.87. The maximum absolute atomic E-state index is 13.4. The van der Waals surface area contributed by atoms with Gasteiger partial charge in [-0.25, -0.2) is 9.78 Å². The zero-order valence-corrected chi connectivity index (χ0v) is 17.5. The molecule has 1 unspecified atom stereocenters. The van der Waals surface area contributed by atoms with E-state index >= 15 is 0 Å². The largest absolute Gasteiger partial charge is 0.399 e. The van der Waals surface area contributed by atoms with E-state index in [9.17, 15) is 22.8 Å². The Balaban J connectivity index is 1.84. The summed E-state index contributed by atoms with van der Waals surface area (Å²) < 4.78 is 40.1. The summed E-state index contributed by atoms with van der Waals surface area (Å²) in [6.45, 7) is 4.28. The second-order valence-electron chi connectivity index (χ2n) is 7.67. The Morgan fingerprint density at radius 1 is 1.33 bits per heavy atom. The SMILES string of the molecule is Cc1nc(NC(=O)N2CCCC2C(N)=O)sc1-c1ccnc(C(C)(C)C(F)(F)F)c1. The number of halogens is 3. The van der Waals surface area contributed by atoms with Crippen LogP contribution >= 0.6 is 11.3 Å². The van der Waals surface area contributed by atoms with E-state index in [1.165, 1.54) is 17.2 Å². The van der Waals surface area contributed by atoms with Crippen molar-refractivity contribution in [2.24, 2.45) is 5.73 Å². The number of amides is 3. The van der Waals surface area contributed by atoms with Gasteiger partial charge in [0.2, 0.25) is 5.91 Å². The van der Waals surface area contributed by atoms with Crippen LogP contribution in [0.4, 0.5) is 23.1 Å². The van der Waals surface area contributed by atoms with Crippen LogP contribution in [0.5, 0.6) is 0 Å². The van der Waals surface area contributed by atoms with Gasteiger partial charge in [0.05, 0.1) is 16.3 Å². The molecule has 1 atom stereocenters. The van der Waals surface area contributed by atoms with Crippen molar-refractivity contribution < 1.29 is 22.8 Å². The molecule has 0 aliphatic carbocycles. The van der Waals surface area contributed by atoms with Gasteiger partial charge in [0.1, 0.15) is 11.5 Å². The molecular weight excluding hydrogens is 419 g/mol. The Hall–Kier alpha value is -2.69. The predicted molar refractivity (Wildman–Crippen MR) is 107 cm³/mol. The number of nitrogens with zero attached hydrogens (tertiary/aromatic N) is 3. The minimum atomic E-state index is -4.45. The smallest absolute Gasteiger partial charge is 0.368 e. The van der Waals surface area contributed by atoms with Crippen molar-refractivity contribution >= 4 is 28.4 Å². The molecule has 0 saturated carbocycles. The molecule has 0 aromatic carbocycles. The quantitative estimate of drug-likeness (QED) is 0.753. The van der Waals surface area contributed by atoms with Crippen LogP contribution in [0.15, 0.2) is 18.3 Å². The van der Waals surface area contributed by atoms with E-state index in [-0.39, 0.29) is 10.8 Å². The fourth-order valence-corrected chi connectivity index (χ4v) is 4.20. The molecule has 3 amide bonds. The zero-order valence-electron chi connectivity index (χ0n) is 16.7. The van der Waals surface area contributed by atoms with Crippen LogP contribution in [0.3, 0.4) is 0 Å². The molecule has 7 nitrogen and oxygen atoms in total. The third kappa shape index (κ3) is 4.11. The zero-order chi connectivity index (χ0) is 22.3. The van der Waals surface area contributed by atoms with Crippen molar-refractivity contribution in [1.29, 1.82) is 0 Å². The maximum atomic E-state index is 13.4. The summed E-state index contributed by atoms with van der Waals surface area (Å²) in [6.07, 6.45) is -1.93. The predicted octanol–water partition coefficient (Wildman–Crippen LogP) is 3.84. The Labute approximate surface area is 175 Å². The number of hydrogen-bond donors (Lipinski definition) is 2. The van der Waals surface area contributed by atoms with Gasteiger partial charge in [0.15, 0.2) is 5.13 Å². The van der Waals surface area contributed by atoms with E-state index in [1.54, 1.807) is 13.0 Å². The number of primary amides is 1. The van der Waals surface area contributed by atoms with Crippen LogP contribution in [0.25, 0.3) is 10.4 Å². The van der Waals surface area contributed by atoms with Gasteiger partial charge in [0, 0.05) is 12.7 Å². The van der Waals surface area contributed by atoms with Crippen LogP contribution in [0.1, 0.15) is 38.1 Å². The molecule has 1 aliphatic heterocycles. The van der Waals surface area contributed by atoms with Crippen LogP contribution in [-0.4, -0.2) is 45.6 Å². The molecule has 3 N–H and O–H groups in total. The first-order valence-corrected chi connectivity index (χ1v) is 10.1. The number of carbonyl (C=O) groups excluding carboxylic acids is 2. The van der Waals surface area contributed by atoms with E-state index in [0.717, 1.165) is 25.2 Å². The van der Waals surface area contributed by atoms with Crippen LogP contribution < -0.4 is 11.1 Å². The molecule has 3 heterocycles. The summed E-state index contributed by atoms with van der Waals surface area (Å²) in [6, 6.07) is 1.86. The lowest BCUT2D eigenvalue weighted by molar-refractivity contribution is -0.181. The van der Waals surface area contributed by atoms with Crippen molar-refractivity contribution in [2.45, 2.75) is 51.2 Å². The van der Waals surface area contributed by atoms with Crippen molar-refractivity contribution in [3.63, 3.8) is 0 Å². The van der Waals surface area contributed by atoms with Crippen molar-refractivity contribution in [2.75, 3.05) is 11.9 Å². The molecule has 1 aliphatic rings. The normalized spacial score (nSPS) is 17.3. The monoisotopic (exact) mass is 441 g/mol. The van der Waals surface area contributed by atoms with Crippen LogP contribution in [0.2, 0.25) is 0 Å². The van der Waals surface area contributed by atoms with Crippen molar-refractivity contribution in [3.8, 4) is 10.4 Å². The molecule has 162 valence electrons. The van der Waals surface area contributed by atoms with Gasteiger partial charge >= 0.3 is 12.2 Å². The minimum absolute atomic E-state index is 0.104. The molecule has 11 heteroatoms. The number of thiazole rings is 1.